The summed E-state index contributed by atoms with van der Waals surface area (Å²) in [6.07, 6.45) is 0.774. The van der Waals surface area contributed by atoms with Crippen molar-refractivity contribution >= 4 is 11.6 Å². The molecule has 0 saturated carbocycles. The number of aliphatic hydroxyl groups excluding tert-OH is 1. The molecule has 1 fully saturated rings. The van der Waals surface area contributed by atoms with Gasteiger partial charge in [0, 0.05) is 23.7 Å². The van der Waals surface area contributed by atoms with Crippen LogP contribution < -0.4 is 10.1 Å². The van der Waals surface area contributed by atoms with Crippen molar-refractivity contribution in [2.24, 2.45) is 5.92 Å². The van der Waals surface area contributed by atoms with Crippen LogP contribution in [-0.2, 0) is 0 Å². The Hall–Kier alpha value is -3.38. The van der Waals surface area contributed by atoms with Gasteiger partial charge in [0.05, 0.1) is 25.8 Å². The van der Waals surface area contributed by atoms with Crippen LogP contribution in [0.2, 0.25) is 0 Å². The topological polar surface area (TPSA) is 61.8 Å². The van der Waals surface area contributed by atoms with Gasteiger partial charge in [-0.3, -0.25) is 4.79 Å². The summed E-state index contributed by atoms with van der Waals surface area (Å²) in [5.74, 6) is 0.265. The Kier molecular flexibility index (Phi) is 5.31. The zero-order valence-corrected chi connectivity index (χ0v) is 17.8. The Labute approximate surface area is 186 Å². The number of fused-ring (bicyclic) bond motifs is 3. The maximum atomic E-state index is 13.8. The number of rotatable bonds is 4. The highest BCUT2D eigenvalue weighted by atomic mass is 19.1. The molecule has 0 spiro atoms. The maximum Gasteiger partial charge on any atom is 0.254 e. The van der Waals surface area contributed by atoms with Gasteiger partial charge in [-0.05, 0) is 65.6 Å². The quantitative estimate of drug-likeness (QED) is 0.638. The lowest BCUT2D eigenvalue weighted by molar-refractivity contribution is 0.0700. The fourth-order valence-corrected chi connectivity index (χ4v) is 5.04. The first-order valence-corrected chi connectivity index (χ1v) is 10.8. The summed E-state index contributed by atoms with van der Waals surface area (Å²) < 4.78 is 19.0. The number of amides is 1. The van der Waals surface area contributed by atoms with E-state index in [1.807, 2.05) is 41.3 Å². The number of nitrogens with zero attached hydrogens (tertiary/aromatic N) is 1. The van der Waals surface area contributed by atoms with Gasteiger partial charge in [0.25, 0.3) is 5.91 Å². The molecule has 0 aromatic heterocycles. The van der Waals surface area contributed by atoms with Crippen molar-refractivity contribution < 1.29 is 19.0 Å². The Morgan fingerprint density at radius 3 is 2.62 bits per heavy atom. The molecule has 2 aliphatic rings. The van der Waals surface area contributed by atoms with Crippen LogP contribution in [0, 0.1) is 11.7 Å². The molecule has 1 saturated heterocycles. The first kappa shape index (κ1) is 20.5. The van der Waals surface area contributed by atoms with Crippen molar-refractivity contribution in [3.05, 3.63) is 83.7 Å². The monoisotopic (exact) mass is 432 g/mol. The number of halogens is 1. The number of hydrogen-bond donors (Lipinski definition) is 2. The van der Waals surface area contributed by atoms with E-state index < -0.39 is 5.82 Å². The van der Waals surface area contributed by atoms with Crippen LogP contribution in [0.4, 0.5) is 10.1 Å². The second kappa shape index (κ2) is 8.28. The molecular formula is C26H25FN2O3. The fourth-order valence-electron chi connectivity index (χ4n) is 5.04. The number of hydrogen-bond acceptors (Lipinski definition) is 4. The first-order chi connectivity index (χ1) is 15.6. The maximum absolute atomic E-state index is 13.8. The SMILES string of the molecule is COc1ccc(-c2ccc3c(c2)[C@H]2[C@H](CCN2C(=O)c2cccc(F)c2)[C@@H](CO)N3)cc1. The van der Waals surface area contributed by atoms with Crippen molar-refractivity contribution in [2.75, 3.05) is 25.6 Å². The van der Waals surface area contributed by atoms with Crippen molar-refractivity contribution in [3.8, 4) is 16.9 Å². The molecular weight excluding hydrogens is 407 g/mol. The Bertz CT molecular complexity index is 1150. The van der Waals surface area contributed by atoms with E-state index >= 15 is 0 Å². The molecule has 2 aliphatic heterocycles. The summed E-state index contributed by atoms with van der Waals surface area (Å²) in [4.78, 5) is 15.2. The number of anilines is 1. The van der Waals surface area contributed by atoms with Gasteiger partial charge in [-0.15, -0.1) is 0 Å². The molecule has 2 heterocycles. The summed E-state index contributed by atoms with van der Waals surface area (Å²) in [7, 11) is 1.64. The van der Waals surface area contributed by atoms with Crippen LogP contribution in [-0.4, -0.2) is 42.2 Å². The Morgan fingerprint density at radius 1 is 1.12 bits per heavy atom. The molecule has 164 valence electrons. The molecule has 32 heavy (non-hydrogen) atoms. The summed E-state index contributed by atoms with van der Waals surface area (Å²) >= 11 is 0. The van der Waals surface area contributed by atoms with Crippen LogP contribution in [0.5, 0.6) is 5.75 Å². The zero-order valence-electron chi connectivity index (χ0n) is 17.8. The standard InChI is InChI=1S/C26H25FN2O3/c1-32-20-8-5-16(6-9-20)17-7-10-23-22(14-17)25-21(24(15-30)28-23)11-12-29(25)26(31)18-3-2-4-19(27)13-18/h2-10,13-14,21,24-25,28,30H,11-12,15H2,1H3/t21-,24-,25-/m1/s1. The second-order valence-electron chi connectivity index (χ2n) is 8.37. The molecule has 5 rings (SSSR count). The van der Waals surface area contributed by atoms with E-state index in [0.29, 0.717) is 12.1 Å². The number of aliphatic hydroxyl groups is 1. The summed E-state index contributed by atoms with van der Waals surface area (Å²) in [5.41, 5.74) is 4.38. The van der Waals surface area contributed by atoms with Crippen LogP contribution >= 0.6 is 0 Å². The molecule has 3 aromatic carbocycles. The van der Waals surface area contributed by atoms with E-state index in [0.717, 1.165) is 34.5 Å². The van der Waals surface area contributed by atoms with Crippen LogP contribution in [0.15, 0.2) is 66.7 Å². The third-order valence-corrected chi connectivity index (χ3v) is 6.63. The highest BCUT2D eigenvalue weighted by molar-refractivity contribution is 5.95. The van der Waals surface area contributed by atoms with Gasteiger partial charge < -0.3 is 20.1 Å². The largest absolute Gasteiger partial charge is 0.497 e. The molecule has 0 radical (unpaired) electrons. The molecule has 1 amide bonds. The van der Waals surface area contributed by atoms with Crippen LogP contribution in [0.25, 0.3) is 11.1 Å². The van der Waals surface area contributed by atoms with Gasteiger partial charge >= 0.3 is 0 Å². The number of likely N-dealkylation sites (tertiary alicyclic amines) is 1. The Balaban J connectivity index is 1.55. The summed E-state index contributed by atoms with van der Waals surface area (Å²) in [6.45, 7) is 0.553. The lowest BCUT2D eigenvalue weighted by Crippen LogP contribution is -2.42. The number of carbonyl (C=O) groups excluding carboxylic acids is 1. The summed E-state index contributed by atoms with van der Waals surface area (Å²) in [6, 6.07) is 19.6. The molecule has 3 atom stereocenters. The third-order valence-electron chi connectivity index (χ3n) is 6.63. The number of benzene rings is 3. The molecule has 0 bridgehead atoms. The van der Waals surface area contributed by atoms with Gasteiger partial charge in [0.1, 0.15) is 11.6 Å². The van der Waals surface area contributed by atoms with Crippen molar-refractivity contribution in [1.82, 2.24) is 4.90 Å². The molecule has 5 nitrogen and oxygen atoms in total. The highest BCUT2D eigenvalue weighted by Gasteiger charge is 2.45. The predicted molar refractivity (Wildman–Crippen MR) is 121 cm³/mol. The number of nitrogens with one attached hydrogen (secondary N) is 1. The Morgan fingerprint density at radius 2 is 1.91 bits per heavy atom. The smallest absolute Gasteiger partial charge is 0.254 e. The van der Waals surface area contributed by atoms with Crippen LogP contribution in [0.3, 0.4) is 0 Å². The van der Waals surface area contributed by atoms with Gasteiger partial charge in [0.2, 0.25) is 0 Å². The van der Waals surface area contributed by atoms with E-state index in [-0.39, 0.29) is 30.5 Å². The van der Waals surface area contributed by atoms with Gasteiger partial charge in [-0.2, -0.15) is 0 Å². The van der Waals surface area contributed by atoms with E-state index in [1.54, 1.807) is 19.2 Å². The minimum absolute atomic E-state index is 0.0111. The van der Waals surface area contributed by atoms with E-state index in [1.165, 1.54) is 12.1 Å². The highest BCUT2D eigenvalue weighted by Crippen LogP contribution is 2.47. The second-order valence-corrected chi connectivity index (χ2v) is 8.37. The average Bonchev–Trinajstić information content (AvgIpc) is 3.28. The molecule has 3 aromatic rings. The minimum atomic E-state index is -0.424. The minimum Gasteiger partial charge on any atom is -0.497 e. The lowest BCUT2D eigenvalue weighted by Gasteiger charge is -2.39. The van der Waals surface area contributed by atoms with E-state index in [9.17, 15) is 14.3 Å². The lowest BCUT2D eigenvalue weighted by atomic mass is 9.82. The zero-order chi connectivity index (χ0) is 22.2. The van der Waals surface area contributed by atoms with E-state index in [2.05, 4.69) is 11.4 Å². The number of methoxy groups -OCH3 is 1. The van der Waals surface area contributed by atoms with E-state index in [4.69, 9.17) is 4.74 Å². The summed E-state index contributed by atoms with van der Waals surface area (Å²) in [5, 5.41) is 13.5. The third kappa shape index (κ3) is 3.50. The van der Waals surface area contributed by atoms with Gasteiger partial charge in [0.15, 0.2) is 0 Å². The molecule has 6 heteroatoms. The van der Waals surface area contributed by atoms with Crippen LogP contribution in [0.1, 0.15) is 28.4 Å². The van der Waals surface area contributed by atoms with Crippen molar-refractivity contribution in [3.63, 3.8) is 0 Å². The molecule has 0 unspecified atom stereocenters. The average molecular weight is 432 g/mol. The fraction of sp³-hybridized carbons (Fsp3) is 0.269. The predicted octanol–water partition coefficient (Wildman–Crippen LogP) is 4.49. The molecule has 0 aliphatic carbocycles. The van der Waals surface area contributed by atoms with Crippen molar-refractivity contribution in [1.29, 1.82) is 0 Å². The van der Waals surface area contributed by atoms with Gasteiger partial charge in [-0.1, -0.05) is 24.3 Å². The van der Waals surface area contributed by atoms with Gasteiger partial charge in [-0.25, -0.2) is 4.39 Å². The first-order valence-electron chi connectivity index (χ1n) is 10.8. The number of ether oxygens (including phenoxy) is 1. The normalized spacial score (nSPS) is 21.5. The van der Waals surface area contributed by atoms with Crippen molar-refractivity contribution in [2.45, 2.75) is 18.5 Å². The molecule has 2 N–H and O–H groups in total. The number of carbonyl (C=O) groups is 1.